The molecule has 1 unspecified atom stereocenters. The summed E-state index contributed by atoms with van der Waals surface area (Å²) >= 11 is 5.82. The Bertz CT molecular complexity index is 500. The molecule has 0 fully saturated rings. The van der Waals surface area contributed by atoms with E-state index in [-0.39, 0.29) is 12.4 Å². The van der Waals surface area contributed by atoms with Crippen molar-refractivity contribution in [2.45, 2.75) is 18.4 Å². The maximum absolute atomic E-state index is 12.9. The minimum absolute atomic E-state index is 0. The van der Waals surface area contributed by atoms with E-state index < -0.39 is 31.0 Å². The molecule has 4 nitrogen and oxygen atoms in total. The fourth-order valence-corrected chi connectivity index (χ4v) is 1.96. The summed E-state index contributed by atoms with van der Waals surface area (Å²) in [4.78, 5) is 11.7. The Morgan fingerprint density at radius 1 is 1.55 bits per heavy atom. The van der Waals surface area contributed by atoms with E-state index in [1.807, 2.05) is 0 Å². The molecule has 0 radical (unpaired) electrons. The number of alkyl halides is 2. The molecule has 1 amide bonds. The van der Waals surface area contributed by atoms with Crippen molar-refractivity contribution in [2.24, 2.45) is 5.73 Å². The van der Waals surface area contributed by atoms with Crippen LogP contribution in [-0.2, 0) is 11.2 Å². The van der Waals surface area contributed by atoms with Crippen LogP contribution in [-0.4, -0.2) is 31.0 Å². The second-order valence-corrected chi connectivity index (χ2v) is 4.78. The normalized spacial score (nSPS) is 16.9. The van der Waals surface area contributed by atoms with Gasteiger partial charge in [0.15, 0.2) is 6.10 Å². The van der Waals surface area contributed by atoms with E-state index in [2.05, 4.69) is 5.32 Å². The SMILES string of the molecule is Cl.NCC(F)(F)CNC(=O)C1Cc2cc(Cl)ccc2O1. The zero-order chi connectivity index (χ0) is 14.0. The van der Waals surface area contributed by atoms with Gasteiger partial charge < -0.3 is 15.8 Å². The minimum Gasteiger partial charge on any atom is -0.480 e. The first kappa shape index (κ1) is 16.9. The molecule has 1 atom stereocenters. The first-order valence-electron chi connectivity index (χ1n) is 5.72. The Hall–Kier alpha value is -1.11. The van der Waals surface area contributed by atoms with Crippen LogP contribution >= 0.6 is 24.0 Å². The molecule has 20 heavy (non-hydrogen) atoms. The van der Waals surface area contributed by atoms with Crippen molar-refractivity contribution in [1.82, 2.24) is 5.32 Å². The van der Waals surface area contributed by atoms with Crippen LogP contribution in [0.3, 0.4) is 0 Å². The van der Waals surface area contributed by atoms with Crippen molar-refractivity contribution in [3.05, 3.63) is 28.8 Å². The van der Waals surface area contributed by atoms with Gasteiger partial charge in [-0.1, -0.05) is 11.6 Å². The third-order valence-electron chi connectivity index (χ3n) is 2.81. The molecule has 0 aliphatic carbocycles. The molecule has 1 heterocycles. The van der Waals surface area contributed by atoms with Crippen LogP contribution < -0.4 is 15.8 Å². The van der Waals surface area contributed by atoms with Crippen LogP contribution in [0, 0.1) is 0 Å². The first-order chi connectivity index (χ1) is 8.91. The van der Waals surface area contributed by atoms with Gasteiger partial charge in [0, 0.05) is 11.4 Å². The van der Waals surface area contributed by atoms with Gasteiger partial charge in [0.1, 0.15) is 5.75 Å². The highest BCUT2D eigenvalue weighted by atomic mass is 35.5. The number of benzene rings is 1. The van der Waals surface area contributed by atoms with E-state index in [0.29, 0.717) is 17.2 Å². The van der Waals surface area contributed by atoms with Crippen molar-refractivity contribution < 1.29 is 18.3 Å². The number of hydrogen-bond donors (Lipinski definition) is 2. The lowest BCUT2D eigenvalue weighted by Crippen LogP contribution is -2.46. The second-order valence-electron chi connectivity index (χ2n) is 4.34. The fourth-order valence-electron chi connectivity index (χ4n) is 1.77. The fraction of sp³-hybridized carbons (Fsp3) is 0.417. The van der Waals surface area contributed by atoms with Crippen molar-refractivity contribution in [3.63, 3.8) is 0 Å². The number of carbonyl (C=O) groups excluding carboxylic acids is 1. The zero-order valence-electron chi connectivity index (χ0n) is 10.4. The molecule has 0 saturated carbocycles. The highest BCUT2D eigenvalue weighted by molar-refractivity contribution is 6.30. The molecule has 0 aromatic heterocycles. The topological polar surface area (TPSA) is 64.3 Å². The monoisotopic (exact) mass is 326 g/mol. The van der Waals surface area contributed by atoms with Crippen LogP contribution in [0.2, 0.25) is 5.02 Å². The van der Waals surface area contributed by atoms with Gasteiger partial charge in [-0.25, -0.2) is 8.78 Å². The Kier molecular flexibility index (Phi) is 5.56. The number of amides is 1. The summed E-state index contributed by atoms with van der Waals surface area (Å²) < 4.78 is 31.2. The van der Waals surface area contributed by atoms with Crippen molar-refractivity contribution >= 4 is 29.9 Å². The summed E-state index contributed by atoms with van der Waals surface area (Å²) in [5, 5.41) is 2.68. The van der Waals surface area contributed by atoms with Crippen molar-refractivity contribution in [3.8, 4) is 5.75 Å². The van der Waals surface area contributed by atoms with E-state index in [1.165, 1.54) is 0 Å². The molecule has 1 aromatic rings. The third-order valence-corrected chi connectivity index (χ3v) is 3.04. The number of halogens is 4. The van der Waals surface area contributed by atoms with Crippen LogP contribution in [0.15, 0.2) is 18.2 Å². The largest absolute Gasteiger partial charge is 0.480 e. The van der Waals surface area contributed by atoms with E-state index in [1.54, 1.807) is 18.2 Å². The van der Waals surface area contributed by atoms with Gasteiger partial charge in [-0.15, -0.1) is 12.4 Å². The molecule has 8 heteroatoms. The molecule has 0 bridgehead atoms. The van der Waals surface area contributed by atoms with Gasteiger partial charge >= 0.3 is 0 Å². The van der Waals surface area contributed by atoms with Crippen LogP contribution in [0.5, 0.6) is 5.75 Å². The number of nitrogens with one attached hydrogen (secondary N) is 1. The number of fused-ring (bicyclic) bond motifs is 1. The van der Waals surface area contributed by atoms with Gasteiger partial charge in [0.05, 0.1) is 13.1 Å². The van der Waals surface area contributed by atoms with Crippen LogP contribution in [0.25, 0.3) is 0 Å². The molecule has 112 valence electrons. The summed E-state index contributed by atoms with van der Waals surface area (Å²) in [5.74, 6) is -3.14. The number of ether oxygens (including phenoxy) is 1. The summed E-state index contributed by atoms with van der Waals surface area (Å²) in [6, 6.07) is 4.99. The summed E-state index contributed by atoms with van der Waals surface area (Å²) in [6.45, 7) is -1.60. The quantitative estimate of drug-likeness (QED) is 0.886. The van der Waals surface area contributed by atoms with Gasteiger partial charge in [0.25, 0.3) is 11.8 Å². The zero-order valence-corrected chi connectivity index (χ0v) is 11.9. The number of nitrogens with two attached hydrogens (primary N) is 1. The van der Waals surface area contributed by atoms with E-state index >= 15 is 0 Å². The standard InChI is InChI=1S/C12H13ClF2N2O2.ClH/c13-8-1-2-9-7(3-8)4-10(19-9)11(18)17-6-12(14,15)5-16;/h1-3,10H,4-6,16H2,(H,17,18);1H. The Morgan fingerprint density at radius 3 is 2.90 bits per heavy atom. The van der Waals surface area contributed by atoms with E-state index in [9.17, 15) is 13.6 Å². The predicted octanol–water partition coefficient (Wildman–Crippen LogP) is 1.78. The highest BCUT2D eigenvalue weighted by Crippen LogP contribution is 2.31. The maximum Gasteiger partial charge on any atom is 0.277 e. The van der Waals surface area contributed by atoms with E-state index in [4.69, 9.17) is 22.1 Å². The average Bonchev–Trinajstić information content (AvgIpc) is 2.79. The maximum atomic E-state index is 12.9. The lowest BCUT2D eigenvalue weighted by Gasteiger charge is -2.16. The number of rotatable bonds is 4. The van der Waals surface area contributed by atoms with Crippen molar-refractivity contribution in [1.29, 1.82) is 0 Å². The molecule has 1 aliphatic rings. The Labute approximate surface area is 126 Å². The molecule has 0 saturated heterocycles. The molecule has 0 spiro atoms. The third kappa shape index (κ3) is 3.94. The Balaban J connectivity index is 0.00000200. The van der Waals surface area contributed by atoms with Crippen LogP contribution in [0.4, 0.5) is 8.78 Å². The second kappa shape index (κ2) is 6.56. The smallest absolute Gasteiger partial charge is 0.277 e. The number of hydrogen-bond acceptors (Lipinski definition) is 3. The van der Waals surface area contributed by atoms with Crippen LogP contribution in [0.1, 0.15) is 5.56 Å². The molecular formula is C12H14Cl2F2N2O2. The van der Waals surface area contributed by atoms with Gasteiger partial charge in [-0.05, 0) is 23.8 Å². The average molecular weight is 327 g/mol. The predicted molar refractivity (Wildman–Crippen MR) is 73.8 cm³/mol. The van der Waals surface area contributed by atoms with Gasteiger partial charge in [-0.2, -0.15) is 0 Å². The van der Waals surface area contributed by atoms with E-state index in [0.717, 1.165) is 5.56 Å². The molecule has 3 N–H and O–H groups in total. The summed E-state index contributed by atoms with van der Waals surface area (Å²) in [5.41, 5.74) is 5.67. The highest BCUT2D eigenvalue weighted by Gasteiger charge is 2.32. The van der Waals surface area contributed by atoms with Gasteiger partial charge in [0.2, 0.25) is 0 Å². The first-order valence-corrected chi connectivity index (χ1v) is 6.10. The van der Waals surface area contributed by atoms with Gasteiger partial charge in [-0.3, -0.25) is 4.79 Å². The minimum atomic E-state index is -3.11. The summed E-state index contributed by atoms with van der Waals surface area (Å²) in [7, 11) is 0. The molecule has 2 rings (SSSR count). The lowest BCUT2D eigenvalue weighted by molar-refractivity contribution is -0.129. The molecule has 1 aliphatic heterocycles. The Morgan fingerprint density at radius 2 is 2.25 bits per heavy atom. The van der Waals surface area contributed by atoms with Crippen molar-refractivity contribution in [2.75, 3.05) is 13.1 Å². The summed E-state index contributed by atoms with van der Waals surface area (Å²) in [6.07, 6.45) is -0.488. The number of carbonyl (C=O) groups is 1. The lowest BCUT2D eigenvalue weighted by atomic mass is 10.1. The molecular weight excluding hydrogens is 313 g/mol. The molecule has 1 aromatic carbocycles.